The van der Waals surface area contributed by atoms with E-state index in [0.29, 0.717) is 12.8 Å². The van der Waals surface area contributed by atoms with E-state index < -0.39 is 40.2 Å². The molecule has 0 atom stereocenters. The molecule has 0 radical (unpaired) electrons. The van der Waals surface area contributed by atoms with Crippen LogP contribution in [0.2, 0.25) is 0 Å². The minimum atomic E-state index is -4.90. The van der Waals surface area contributed by atoms with Gasteiger partial charge in [0, 0.05) is 13.1 Å². The Kier molecular flexibility index (Phi) is 4.96. The van der Waals surface area contributed by atoms with Gasteiger partial charge in [0.1, 0.15) is 11.8 Å². The number of aromatic nitrogens is 2. The van der Waals surface area contributed by atoms with E-state index in [1.54, 1.807) is 20.8 Å². The number of nitro groups is 1. The monoisotopic (exact) mass is 364 g/mol. The molecular weight excluding hydrogens is 345 g/mol. The van der Waals surface area contributed by atoms with Crippen molar-refractivity contribution in [1.29, 1.82) is 0 Å². The van der Waals surface area contributed by atoms with Crippen molar-refractivity contribution in [2.75, 3.05) is 13.1 Å². The van der Waals surface area contributed by atoms with Gasteiger partial charge in [0.2, 0.25) is 5.69 Å². The lowest BCUT2D eigenvalue weighted by molar-refractivity contribution is -0.388. The minimum Gasteiger partial charge on any atom is -0.444 e. The summed E-state index contributed by atoms with van der Waals surface area (Å²) in [6, 6.07) is -0.450. The van der Waals surface area contributed by atoms with Crippen LogP contribution in [0.15, 0.2) is 6.20 Å². The summed E-state index contributed by atoms with van der Waals surface area (Å²) in [5, 5.41) is 14.2. The molecule has 2 rings (SSSR count). The van der Waals surface area contributed by atoms with Crippen LogP contribution in [0.1, 0.15) is 45.3 Å². The predicted octanol–water partition coefficient (Wildman–Crippen LogP) is 3.38. The van der Waals surface area contributed by atoms with Gasteiger partial charge in [-0.25, -0.2) is 4.79 Å². The van der Waals surface area contributed by atoms with Gasteiger partial charge in [-0.15, -0.1) is 0 Å². The zero-order valence-corrected chi connectivity index (χ0v) is 14.0. The number of nitrogens with zero attached hydrogens (tertiary/aromatic N) is 4. The van der Waals surface area contributed by atoms with E-state index in [2.05, 4.69) is 5.10 Å². The summed E-state index contributed by atoms with van der Waals surface area (Å²) in [5.41, 5.74) is -3.22. The molecule has 1 fully saturated rings. The second-order valence-electron chi connectivity index (χ2n) is 6.80. The maximum Gasteiger partial charge on any atom is 0.442 e. The molecule has 1 saturated heterocycles. The molecule has 25 heavy (non-hydrogen) atoms. The zero-order valence-electron chi connectivity index (χ0n) is 14.0. The van der Waals surface area contributed by atoms with Gasteiger partial charge >= 0.3 is 18.0 Å². The molecule has 11 heteroatoms. The molecule has 1 aliphatic heterocycles. The second-order valence-corrected chi connectivity index (χ2v) is 6.80. The summed E-state index contributed by atoms with van der Waals surface area (Å²) in [5.74, 6) is 0. The molecule has 2 heterocycles. The van der Waals surface area contributed by atoms with Crippen LogP contribution in [0.5, 0.6) is 0 Å². The highest BCUT2D eigenvalue weighted by molar-refractivity contribution is 5.68. The number of rotatable bonds is 2. The lowest BCUT2D eigenvalue weighted by Gasteiger charge is -2.33. The van der Waals surface area contributed by atoms with E-state index in [1.807, 2.05) is 0 Å². The third kappa shape index (κ3) is 4.60. The van der Waals surface area contributed by atoms with Crippen LogP contribution in [0.3, 0.4) is 0 Å². The topological polar surface area (TPSA) is 90.5 Å². The van der Waals surface area contributed by atoms with Crippen molar-refractivity contribution in [3.8, 4) is 0 Å². The largest absolute Gasteiger partial charge is 0.444 e. The summed E-state index contributed by atoms with van der Waals surface area (Å²) in [7, 11) is 0. The predicted molar refractivity (Wildman–Crippen MR) is 80.0 cm³/mol. The summed E-state index contributed by atoms with van der Waals surface area (Å²) >= 11 is 0. The second kappa shape index (κ2) is 6.52. The third-order valence-electron chi connectivity index (χ3n) is 3.67. The lowest BCUT2D eigenvalue weighted by Crippen LogP contribution is -2.42. The lowest BCUT2D eigenvalue weighted by atomic mass is 10.1. The van der Waals surface area contributed by atoms with Crippen LogP contribution in [0, 0.1) is 10.1 Å². The minimum absolute atomic E-state index is 0.272. The van der Waals surface area contributed by atoms with Crippen LogP contribution in [0.25, 0.3) is 0 Å². The van der Waals surface area contributed by atoms with Crippen molar-refractivity contribution in [3.63, 3.8) is 0 Å². The molecule has 1 aromatic heterocycles. The van der Waals surface area contributed by atoms with Crippen LogP contribution < -0.4 is 0 Å². The SMILES string of the molecule is CC(C)(C)OC(=O)N1CCC(n2cc([N+](=O)[O-])c(C(F)(F)F)n2)CC1. The molecule has 0 spiro atoms. The van der Waals surface area contributed by atoms with Gasteiger partial charge in [0.05, 0.1) is 11.0 Å². The molecule has 1 aliphatic rings. The van der Waals surface area contributed by atoms with E-state index in [0.717, 1.165) is 10.9 Å². The van der Waals surface area contributed by atoms with Gasteiger partial charge in [0.15, 0.2) is 0 Å². The highest BCUT2D eigenvalue weighted by Crippen LogP contribution is 2.36. The molecule has 0 N–H and O–H groups in total. The molecule has 0 aliphatic carbocycles. The fourth-order valence-corrected chi connectivity index (χ4v) is 2.54. The molecule has 1 amide bonds. The summed E-state index contributed by atoms with van der Waals surface area (Å²) in [6.45, 7) is 5.75. The first-order chi connectivity index (χ1) is 11.4. The molecule has 140 valence electrons. The Hall–Kier alpha value is -2.33. The van der Waals surface area contributed by atoms with Gasteiger partial charge in [-0.3, -0.25) is 14.8 Å². The highest BCUT2D eigenvalue weighted by atomic mass is 19.4. The number of carbonyl (C=O) groups excluding carboxylic acids is 1. The average molecular weight is 364 g/mol. The zero-order chi connectivity index (χ0) is 19.0. The van der Waals surface area contributed by atoms with Gasteiger partial charge in [-0.05, 0) is 33.6 Å². The number of halogens is 3. The summed E-state index contributed by atoms with van der Waals surface area (Å²) < 4.78 is 44.8. The van der Waals surface area contributed by atoms with Crippen molar-refractivity contribution in [1.82, 2.24) is 14.7 Å². The van der Waals surface area contributed by atoms with Crippen molar-refractivity contribution >= 4 is 11.8 Å². The number of carbonyl (C=O) groups is 1. The first kappa shape index (κ1) is 19.0. The first-order valence-corrected chi connectivity index (χ1v) is 7.67. The van der Waals surface area contributed by atoms with E-state index >= 15 is 0 Å². The van der Waals surface area contributed by atoms with E-state index in [9.17, 15) is 28.1 Å². The third-order valence-corrected chi connectivity index (χ3v) is 3.67. The fourth-order valence-electron chi connectivity index (χ4n) is 2.54. The fraction of sp³-hybridized carbons (Fsp3) is 0.714. The van der Waals surface area contributed by atoms with Crippen molar-refractivity contribution in [2.45, 2.75) is 51.4 Å². The van der Waals surface area contributed by atoms with Crippen molar-refractivity contribution < 1.29 is 27.6 Å². The number of amides is 1. The average Bonchev–Trinajstić information content (AvgIpc) is 2.91. The standard InChI is InChI=1S/C14H19F3N4O4/c1-13(2,3)25-12(22)19-6-4-9(5-7-19)20-8-10(21(23)24)11(18-20)14(15,16)17/h8-9H,4-7H2,1-3H3. The normalized spacial score (nSPS) is 16.8. The number of ether oxygens (including phenoxy) is 1. The van der Waals surface area contributed by atoms with Gasteiger partial charge in [-0.2, -0.15) is 18.3 Å². The quantitative estimate of drug-likeness (QED) is 0.593. The van der Waals surface area contributed by atoms with E-state index in [-0.39, 0.29) is 13.1 Å². The molecule has 0 bridgehead atoms. The summed E-state index contributed by atoms with van der Waals surface area (Å²) in [6.07, 6.45) is -3.93. The van der Waals surface area contributed by atoms with E-state index in [1.165, 1.54) is 4.90 Å². The molecule has 0 unspecified atom stereocenters. The first-order valence-electron chi connectivity index (χ1n) is 7.67. The maximum absolute atomic E-state index is 12.9. The number of hydrogen-bond donors (Lipinski definition) is 0. The molecule has 0 saturated carbocycles. The molecule has 0 aromatic carbocycles. The Bertz CT molecular complexity index is 658. The molecular formula is C14H19F3N4O4. The molecule has 8 nitrogen and oxygen atoms in total. The smallest absolute Gasteiger partial charge is 0.442 e. The number of likely N-dealkylation sites (tertiary alicyclic amines) is 1. The Labute approximate surface area is 141 Å². The van der Waals surface area contributed by atoms with Gasteiger partial charge < -0.3 is 9.64 Å². The Morgan fingerprint density at radius 2 is 1.88 bits per heavy atom. The summed E-state index contributed by atoms with van der Waals surface area (Å²) in [4.78, 5) is 23.2. The van der Waals surface area contributed by atoms with Gasteiger partial charge in [-0.1, -0.05) is 0 Å². The van der Waals surface area contributed by atoms with Crippen LogP contribution in [-0.2, 0) is 10.9 Å². The van der Waals surface area contributed by atoms with Crippen molar-refractivity contribution in [3.05, 3.63) is 22.0 Å². The Balaban J connectivity index is 2.08. The van der Waals surface area contributed by atoms with E-state index in [4.69, 9.17) is 4.74 Å². The maximum atomic E-state index is 12.9. The molecule has 1 aromatic rings. The van der Waals surface area contributed by atoms with Crippen molar-refractivity contribution in [2.24, 2.45) is 0 Å². The Morgan fingerprint density at radius 1 is 1.32 bits per heavy atom. The number of piperidine rings is 1. The number of alkyl halides is 3. The number of hydrogen-bond acceptors (Lipinski definition) is 5. The van der Waals surface area contributed by atoms with Gasteiger partial charge in [0.25, 0.3) is 0 Å². The van der Waals surface area contributed by atoms with Crippen LogP contribution in [0.4, 0.5) is 23.7 Å². The van der Waals surface area contributed by atoms with Crippen LogP contribution in [-0.4, -0.2) is 44.4 Å². The van der Waals surface area contributed by atoms with Crippen LogP contribution >= 0.6 is 0 Å². The Morgan fingerprint density at radius 3 is 2.28 bits per heavy atom. The highest BCUT2D eigenvalue weighted by Gasteiger charge is 2.43.